The van der Waals surface area contributed by atoms with E-state index in [0.717, 1.165) is 15.4 Å². The van der Waals surface area contributed by atoms with Crippen LogP contribution in [-0.2, 0) is 9.53 Å². The molecule has 1 aromatic heterocycles. The van der Waals surface area contributed by atoms with Crippen molar-refractivity contribution in [2.45, 2.75) is 31.9 Å². The highest BCUT2D eigenvalue weighted by Gasteiger charge is 2.43. The highest BCUT2D eigenvalue weighted by Crippen LogP contribution is 2.35. The molecule has 0 aliphatic carbocycles. The van der Waals surface area contributed by atoms with E-state index in [9.17, 15) is 14.9 Å². The van der Waals surface area contributed by atoms with Crippen LogP contribution >= 0.6 is 15.9 Å². The molecule has 0 spiro atoms. The largest absolute Gasteiger partial charge is 0.458 e. The molecule has 2 atom stereocenters. The molecular weight excluding hydrogens is 412 g/mol. The van der Waals surface area contributed by atoms with Crippen LogP contribution in [0.1, 0.15) is 30.9 Å². The topological polar surface area (TPSA) is 85.2 Å². The van der Waals surface area contributed by atoms with Gasteiger partial charge in [0.2, 0.25) is 0 Å². The Labute approximate surface area is 164 Å². The van der Waals surface area contributed by atoms with Crippen LogP contribution in [0.4, 0.5) is 0 Å². The van der Waals surface area contributed by atoms with E-state index >= 15 is 0 Å². The van der Waals surface area contributed by atoms with E-state index in [4.69, 9.17) is 4.74 Å². The smallest absolute Gasteiger partial charge is 0.382 e. The second kappa shape index (κ2) is 7.92. The summed E-state index contributed by atoms with van der Waals surface area (Å²) in [6.07, 6.45) is 1.30. The molecule has 0 saturated carbocycles. The minimum Gasteiger partial charge on any atom is -0.458 e. The summed E-state index contributed by atoms with van der Waals surface area (Å²) in [5.74, 6) is -1.62. The van der Waals surface area contributed by atoms with Gasteiger partial charge in [-0.05, 0) is 43.2 Å². The molecule has 0 bridgehead atoms. The number of carbonyl (C=O) groups excluding carboxylic acids is 1. The van der Waals surface area contributed by atoms with Gasteiger partial charge in [-0.1, -0.05) is 46.3 Å². The zero-order valence-electron chi connectivity index (χ0n) is 14.9. The van der Waals surface area contributed by atoms with Crippen LogP contribution in [0.5, 0.6) is 0 Å². The molecule has 3 rings (SSSR count). The molecule has 0 fully saturated rings. The van der Waals surface area contributed by atoms with Gasteiger partial charge in [0.1, 0.15) is 0 Å². The SMILES string of the molecule is CC(C)OC(=O)C([C@@H](c1ccc(Br)cc1)c1c[nH]c2ccccc12)[N+](=O)[O-]. The van der Waals surface area contributed by atoms with Crippen molar-refractivity contribution in [1.29, 1.82) is 0 Å². The Hall–Kier alpha value is -2.67. The molecule has 2 aromatic carbocycles. The van der Waals surface area contributed by atoms with Crippen LogP contribution in [0.3, 0.4) is 0 Å². The van der Waals surface area contributed by atoms with E-state index in [0.29, 0.717) is 11.1 Å². The maximum absolute atomic E-state index is 12.6. The van der Waals surface area contributed by atoms with Crippen molar-refractivity contribution in [3.05, 3.63) is 80.4 Å². The van der Waals surface area contributed by atoms with E-state index in [-0.39, 0.29) is 0 Å². The number of nitro groups is 1. The number of ether oxygens (including phenoxy) is 1. The number of carbonyl (C=O) groups is 1. The average molecular weight is 431 g/mol. The van der Waals surface area contributed by atoms with Crippen molar-refractivity contribution in [1.82, 2.24) is 4.98 Å². The minimum atomic E-state index is -1.55. The Kier molecular flexibility index (Phi) is 5.60. The maximum Gasteiger partial charge on any atom is 0.382 e. The minimum absolute atomic E-state index is 0.437. The monoisotopic (exact) mass is 430 g/mol. The molecule has 0 saturated heterocycles. The molecule has 140 valence electrons. The number of rotatable bonds is 6. The summed E-state index contributed by atoms with van der Waals surface area (Å²) in [6.45, 7) is 3.35. The zero-order valence-corrected chi connectivity index (χ0v) is 16.5. The standard InChI is InChI=1S/C20H19BrN2O4/c1-12(2)27-20(24)19(23(25)26)18(13-7-9-14(21)10-8-13)16-11-22-17-6-4-3-5-15(16)17/h3-12,18-19,22H,1-2H3/t18-,19?/m0/s1. The third-order valence-corrected chi connectivity index (χ3v) is 4.85. The highest BCUT2D eigenvalue weighted by atomic mass is 79.9. The van der Waals surface area contributed by atoms with Gasteiger partial charge in [0.15, 0.2) is 0 Å². The second-order valence-electron chi connectivity index (χ2n) is 6.53. The van der Waals surface area contributed by atoms with Gasteiger partial charge in [-0.25, -0.2) is 4.79 Å². The number of aromatic nitrogens is 1. The van der Waals surface area contributed by atoms with Gasteiger partial charge in [0.05, 0.1) is 12.0 Å². The summed E-state index contributed by atoms with van der Waals surface area (Å²) >= 11 is 3.38. The Morgan fingerprint density at radius 2 is 1.81 bits per heavy atom. The van der Waals surface area contributed by atoms with E-state index in [1.807, 2.05) is 36.4 Å². The number of esters is 1. The Bertz CT molecular complexity index is 966. The summed E-state index contributed by atoms with van der Waals surface area (Å²) in [6, 6.07) is 13.2. The van der Waals surface area contributed by atoms with Crippen LogP contribution in [0.2, 0.25) is 0 Å². The van der Waals surface area contributed by atoms with Gasteiger partial charge in [0.25, 0.3) is 0 Å². The molecule has 0 amide bonds. The number of hydrogen-bond acceptors (Lipinski definition) is 4. The molecule has 1 heterocycles. The molecule has 7 heteroatoms. The van der Waals surface area contributed by atoms with Gasteiger partial charge in [-0.3, -0.25) is 10.1 Å². The fraction of sp³-hybridized carbons (Fsp3) is 0.250. The summed E-state index contributed by atoms with van der Waals surface area (Å²) in [5.41, 5.74) is 2.22. The third kappa shape index (κ3) is 4.03. The lowest BCUT2D eigenvalue weighted by Gasteiger charge is -2.21. The Balaban J connectivity index is 2.18. The Morgan fingerprint density at radius 3 is 2.44 bits per heavy atom. The predicted molar refractivity (Wildman–Crippen MR) is 106 cm³/mol. The molecule has 6 nitrogen and oxygen atoms in total. The lowest BCUT2D eigenvalue weighted by Crippen LogP contribution is -2.38. The molecule has 0 aliphatic heterocycles. The van der Waals surface area contributed by atoms with Gasteiger partial charge >= 0.3 is 12.0 Å². The van der Waals surface area contributed by atoms with Crippen LogP contribution in [0, 0.1) is 10.1 Å². The quantitative estimate of drug-likeness (QED) is 0.350. The Morgan fingerprint density at radius 1 is 1.15 bits per heavy atom. The van der Waals surface area contributed by atoms with E-state index in [1.165, 1.54) is 0 Å². The van der Waals surface area contributed by atoms with Crippen LogP contribution in [-0.4, -0.2) is 28.0 Å². The number of aromatic amines is 1. The van der Waals surface area contributed by atoms with Gasteiger partial charge in [-0.2, -0.15) is 0 Å². The third-order valence-electron chi connectivity index (χ3n) is 4.32. The molecule has 3 aromatic rings. The molecule has 1 unspecified atom stereocenters. The summed E-state index contributed by atoms with van der Waals surface area (Å²) in [5, 5.41) is 12.8. The van der Waals surface area contributed by atoms with E-state index < -0.39 is 29.0 Å². The normalized spacial score (nSPS) is 13.5. The van der Waals surface area contributed by atoms with E-state index in [1.54, 1.807) is 32.2 Å². The van der Waals surface area contributed by atoms with Gasteiger partial charge < -0.3 is 9.72 Å². The number of nitrogens with one attached hydrogen (secondary N) is 1. The van der Waals surface area contributed by atoms with Crippen LogP contribution < -0.4 is 0 Å². The van der Waals surface area contributed by atoms with Crippen LogP contribution in [0.15, 0.2) is 59.2 Å². The van der Waals surface area contributed by atoms with Crippen molar-refractivity contribution >= 4 is 32.8 Å². The number of benzene rings is 2. The first-order chi connectivity index (χ1) is 12.9. The first-order valence-electron chi connectivity index (χ1n) is 8.54. The summed E-state index contributed by atoms with van der Waals surface area (Å²) in [7, 11) is 0. The van der Waals surface area contributed by atoms with Crippen molar-refractivity contribution in [3.63, 3.8) is 0 Å². The number of nitrogens with zero attached hydrogens (tertiary/aromatic N) is 1. The average Bonchev–Trinajstić information content (AvgIpc) is 3.03. The van der Waals surface area contributed by atoms with E-state index in [2.05, 4.69) is 20.9 Å². The number of H-pyrrole nitrogens is 1. The molecule has 1 N–H and O–H groups in total. The second-order valence-corrected chi connectivity index (χ2v) is 7.45. The number of hydrogen-bond donors (Lipinski definition) is 1. The first kappa shape index (κ1) is 19.1. The molecule has 27 heavy (non-hydrogen) atoms. The van der Waals surface area contributed by atoms with Crippen molar-refractivity contribution < 1.29 is 14.5 Å². The fourth-order valence-electron chi connectivity index (χ4n) is 3.20. The summed E-state index contributed by atoms with van der Waals surface area (Å²) < 4.78 is 6.06. The zero-order chi connectivity index (χ0) is 19.6. The first-order valence-corrected chi connectivity index (χ1v) is 9.33. The van der Waals surface area contributed by atoms with Crippen molar-refractivity contribution in [3.8, 4) is 0 Å². The molecule has 0 radical (unpaired) electrons. The van der Waals surface area contributed by atoms with Gasteiger partial charge in [0, 0.05) is 26.5 Å². The lowest BCUT2D eigenvalue weighted by molar-refractivity contribution is -0.513. The van der Waals surface area contributed by atoms with Gasteiger partial charge in [-0.15, -0.1) is 0 Å². The number of fused-ring (bicyclic) bond motifs is 1. The number of para-hydroxylation sites is 1. The highest BCUT2D eigenvalue weighted by molar-refractivity contribution is 9.10. The lowest BCUT2D eigenvalue weighted by atomic mass is 9.85. The maximum atomic E-state index is 12.6. The van der Waals surface area contributed by atoms with Crippen LogP contribution in [0.25, 0.3) is 10.9 Å². The van der Waals surface area contributed by atoms with Crippen molar-refractivity contribution in [2.75, 3.05) is 0 Å². The molecule has 0 aliphatic rings. The van der Waals surface area contributed by atoms with Crippen molar-refractivity contribution in [2.24, 2.45) is 0 Å². The predicted octanol–water partition coefficient (Wildman–Crippen LogP) is 4.66. The summed E-state index contributed by atoms with van der Waals surface area (Å²) in [4.78, 5) is 27.1. The molecular formula is C20H19BrN2O4. The fourth-order valence-corrected chi connectivity index (χ4v) is 3.46. The number of halogens is 1.